The first kappa shape index (κ1) is 27.4. The molecule has 34 heavy (non-hydrogen) atoms. The van der Waals surface area contributed by atoms with Crippen LogP contribution >= 0.6 is 24.8 Å². The van der Waals surface area contributed by atoms with Gasteiger partial charge in [0.1, 0.15) is 12.1 Å². The lowest BCUT2D eigenvalue weighted by Crippen LogP contribution is -2.46. The second kappa shape index (κ2) is 10.8. The fourth-order valence-electron chi connectivity index (χ4n) is 5.04. The summed E-state index contributed by atoms with van der Waals surface area (Å²) in [5.41, 5.74) is 1.22. The number of hydrogen-bond donors (Lipinski definition) is 1. The number of anilines is 1. The molecule has 0 amide bonds. The SMILES string of the molecule is CC1(C)OB(c2ccc3ncnc(N[C@H]4CC[C@H](N5CCOCC5)CC4)c3c2)OC1(C)C.Cl.Cl. The molecule has 1 aromatic carbocycles. The van der Waals surface area contributed by atoms with E-state index < -0.39 is 0 Å². The van der Waals surface area contributed by atoms with Crippen LogP contribution in [0.5, 0.6) is 0 Å². The van der Waals surface area contributed by atoms with E-state index in [1.807, 2.05) is 6.07 Å². The van der Waals surface area contributed by atoms with Gasteiger partial charge in [-0.15, -0.1) is 24.8 Å². The van der Waals surface area contributed by atoms with E-state index in [1.54, 1.807) is 6.33 Å². The van der Waals surface area contributed by atoms with Crippen molar-refractivity contribution < 1.29 is 14.0 Å². The third-order valence-corrected chi connectivity index (χ3v) is 7.78. The lowest BCUT2D eigenvalue weighted by atomic mass is 9.78. The largest absolute Gasteiger partial charge is 0.494 e. The molecule has 5 rings (SSSR count). The van der Waals surface area contributed by atoms with E-state index >= 15 is 0 Å². The topological polar surface area (TPSA) is 68.7 Å². The first-order chi connectivity index (χ1) is 15.3. The van der Waals surface area contributed by atoms with E-state index in [0.29, 0.717) is 12.1 Å². The monoisotopic (exact) mass is 510 g/mol. The molecule has 7 nitrogen and oxygen atoms in total. The molecule has 0 bridgehead atoms. The normalized spacial score (nSPS) is 26.5. The van der Waals surface area contributed by atoms with E-state index in [-0.39, 0.29) is 43.1 Å². The van der Waals surface area contributed by atoms with E-state index in [4.69, 9.17) is 14.0 Å². The molecular weight excluding hydrogens is 474 g/mol. The summed E-state index contributed by atoms with van der Waals surface area (Å²) in [7, 11) is -0.388. The van der Waals surface area contributed by atoms with Crippen LogP contribution in [0.2, 0.25) is 0 Å². The van der Waals surface area contributed by atoms with Crippen LogP contribution in [0.3, 0.4) is 0 Å². The fourth-order valence-corrected chi connectivity index (χ4v) is 5.04. The Labute approximate surface area is 215 Å². The van der Waals surface area contributed by atoms with E-state index in [0.717, 1.165) is 61.3 Å². The Bertz CT molecular complexity index is 950. The first-order valence-corrected chi connectivity index (χ1v) is 12.0. The van der Waals surface area contributed by atoms with Gasteiger partial charge < -0.3 is 19.4 Å². The zero-order chi connectivity index (χ0) is 22.3. The Hall–Kier alpha value is -1.16. The van der Waals surface area contributed by atoms with Gasteiger partial charge in [0, 0.05) is 30.6 Å². The van der Waals surface area contributed by atoms with E-state index in [2.05, 4.69) is 60.0 Å². The van der Waals surface area contributed by atoms with Crippen LogP contribution in [-0.2, 0) is 14.0 Å². The van der Waals surface area contributed by atoms with Gasteiger partial charge in [-0.05, 0) is 71.0 Å². The molecule has 0 radical (unpaired) electrons. The summed E-state index contributed by atoms with van der Waals surface area (Å²) < 4.78 is 18.0. The molecule has 0 spiro atoms. The average molecular weight is 511 g/mol. The maximum atomic E-state index is 6.26. The van der Waals surface area contributed by atoms with Crippen LogP contribution in [-0.4, -0.2) is 71.6 Å². The van der Waals surface area contributed by atoms with Gasteiger partial charge in [0.25, 0.3) is 0 Å². The summed E-state index contributed by atoms with van der Waals surface area (Å²) in [6.07, 6.45) is 6.41. The van der Waals surface area contributed by atoms with Crippen molar-refractivity contribution in [2.75, 3.05) is 31.6 Å². The Balaban J connectivity index is 0.00000162. The Morgan fingerprint density at radius 3 is 2.24 bits per heavy atom. The van der Waals surface area contributed by atoms with Gasteiger partial charge >= 0.3 is 7.12 Å². The lowest BCUT2D eigenvalue weighted by molar-refractivity contribution is 0.00578. The Morgan fingerprint density at radius 1 is 0.941 bits per heavy atom. The maximum absolute atomic E-state index is 6.26. The van der Waals surface area contributed by atoms with Gasteiger partial charge in [-0.2, -0.15) is 0 Å². The molecule has 3 aliphatic rings. The quantitative estimate of drug-likeness (QED) is 0.627. The van der Waals surface area contributed by atoms with E-state index in [9.17, 15) is 0 Å². The highest BCUT2D eigenvalue weighted by atomic mass is 35.5. The molecule has 0 unspecified atom stereocenters. The predicted octanol–water partition coefficient (Wildman–Crippen LogP) is 3.83. The van der Waals surface area contributed by atoms with Crippen molar-refractivity contribution in [3.05, 3.63) is 24.5 Å². The highest BCUT2D eigenvalue weighted by Gasteiger charge is 2.51. The van der Waals surface area contributed by atoms with Gasteiger partial charge in [-0.3, -0.25) is 4.90 Å². The van der Waals surface area contributed by atoms with Crippen molar-refractivity contribution in [1.82, 2.24) is 14.9 Å². The number of ether oxygens (including phenoxy) is 1. The lowest BCUT2D eigenvalue weighted by Gasteiger charge is -2.39. The van der Waals surface area contributed by atoms with Crippen molar-refractivity contribution >= 4 is 54.1 Å². The molecule has 2 aromatic rings. The zero-order valence-electron chi connectivity index (χ0n) is 20.6. The molecule has 3 fully saturated rings. The van der Waals surface area contributed by atoms with Gasteiger partial charge in [-0.1, -0.05) is 6.07 Å². The van der Waals surface area contributed by atoms with Crippen molar-refractivity contribution in [2.24, 2.45) is 0 Å². The summed E-state index contributed by atoms with van der Waals surface area (Å²) in [6.45, 7) is 12.2. The molecule has 2 saturated heterocycles. The molecule has 1 N–H and O–H groups in total. The first-order valence-electron chi connectivity index (χ1n) is 12.0. The van der Waals surface area contributed by atoms with Gasteiger partial charge in [0.2, 0.25) is 0 Å². The number of nitrogens with one attached hydrogen (secondary N) is 1. The highest BCUT2D eigenvalue weighted by Crippen LogP contribution is 2.37. The Kier molecular flexibility index (Phi) is 8.75. The van der Waals surface area contributed by atoms with Crippen LogP contribution in [0.25, 0.3) is 10.9 Å². The summed E-state index contributed by atoms with van der Waals surface area (Å²) in [4.78, 5) is 11.7. The molecule has 0 atom stereocenters. The number of morpholine rings is 1. The van der Waals surface area contributed by atoms with Crippen LogP contribution < -0.4 is 10.8 Å². The van der Waals surface area contributed by atoms with Crippen LogP contribution in [0.15, 0.2) is 24.5 Å². The highest BCUT2D eigenvalue weighted by molar-refractivity contribution is 6.62. The molecule has 188 valence electrons. The molecule has 3 heterocycles. The minimum absolute atomic E-state index is 0. The van der Waals surface area contributed by atoms with Crippen LogP contribution in [0.1, 0.15) is 53.4 Å². The summed E-state index contributed by atoms with van der Waals surface area (Å²) >= 11 is 0. The number of halogens is 2. The Morgan fingerprint density at radius 2 is 1.59 bits per heavy atom. The van der Waals surface area contributed by atoms with Crippen molar-refractivity contribution in [1.29, 1.82) is 0 Å². The third kappa shape index (κ3) is 5.47. The summed E-state index contributed by atoms with van der Waals surface area (Å²) in [6, 6.07) is 7.34. The molecule has 10 heteroatoms. The number of aromatic nitrogens is 2. The summed E-state index contributed by atoms with van der Waals surface area (Å²) in [5.74, 6) is 0.906. The molecular formula is C24H37BCl2N4O3. The second-order valence-electron chi connectivity index (χ2n) is 10.4. The number of rotatable bonds is 4. The molecule has 2 aliphatic heterocycles. The second-order valence-corrected chi connectivity index (χ2v) is 10.4. The van der Waals surface area contributed by atoms with Gasteiger partial charge in [0.05, 0.1) is 29.9 Å². The molecule has 1 aliphatic carbocycles. The minimum atomic E-state index is -0.388. The predicted molar refractivity (Wildman–Crippen MR) is 142 cm³/mol. The van der Waals surface area contributed by atoms with Gasteiger partial charge in [-0.25, -0.2) is 9.97 Å². The molecule has 1 aromatic heterocycles. The minimum Gasteiger partial charge on any atom is -0.399 e. The third-order valence-electron chi connectivity index (χ3n) is 7.78. The number of hydrogen-bond acceptors (Lipinski definition) is 7. The number of nitrogens with zero attached hydrogens (tertiary/aromatic N) is 3. The summed E-state index contributed by atoms with van der Waals surface area (Å²) in [5, 5.41) is 4.74. The number of benzene rings is 1. The standard InChI is InChI=1S/C24H35BN4O3.2ClH/c1-23(2)24(3,4)32-25(31-23)17-5-10-21-20(15-17)22(27-16-26-21)28-18-6-8-19(9-7-18)29-11-13-30-14-12-29;;/h5,10,15-16,18-19H,6-9,11-14H2,1-4H3,(H,26,27,28);2*1H/t18-,19-;;. The molecule has 1 saturated carbocycles. The van der Waals surface area contributed by atoms with Crippen molar-refractivity contribution in [3.63, 3.8) is 0 Å². The van der Waals surface area contributed by atoms with Gasteiger partial charge in [0.15, 0.2) is 0 Å². The van der Waals surface area contributed by atoms with Crippen LogP contribution in [0.4, 0.5) is 5.82 Å². The fraction of sp³-hybridized carbons (Fsp3) is 0.667. The van der Waals surface area contributed by atoms with Crippen LogP contribution in [0, 0.1) is 0 Å². The average Bonchev–Trinajstić information content (AvgIpc) is 3.02. The zero-order valence-corrected chi connectivity index (χ0v) is 22.2. The number of fused-ring (bicyclic) bond motifs is 1. The van der Waals surface area contributed by atoms with Crippen molar-refractivity contribution in [2.45, 2.75) is 76.7 Å². The van der Waals surface area contributed by atoms with E-state index in [1.165, 1.54) is 12.8 Å². The smallest absolute Gasteiger partial charge is 0.399 e. The maximum Gasteiger partial charge on any atom is 0.494 e. The van der Waals surface area contributed by atoms with Crippen molar-refractivity contribution in [3.8, 4) is 0 Å².